The van der Waals surface area contributed by atoms with Crippen LogP contribution in [-0.4, -0.2) is 10.9 Å². The molecule has 23 heavy (non-hydrogen) atoms. The van der Waals surface area contributed by atoms with Crippen molar-refractivity contribution in [2.45, 2.75) is 0 Å². The van der Waals surface area contributed by atoms with E-state index in [2.05, 4.69) is 0 Å². The van der Waals surface area contributed by atoms with Crippen LogP contribution in [0.1, 0.15) is 27.0 Å². The Labute approximate surface area is 134 Å². The van der Waals surface area contributed by atoms with Crippen molar-refractivity contribution in [2.24, 2.45) is 0 Å². The van der Waals surface area contributed by atoms with Gasteiger partial charge in [-0.3, -0.25) is 4.79 Å². The second kappa shape index (κ2) is 5.25. The van der Waals surface area contributed by atoms with Gasteiger partial charge in [0.1, 0.15) is 5.75 Å². The third-order valence-electron chi connectivity index (χ3n) is 4.14. The minimum Gasteiger partial charge on any atom is -0.508 e. The molecule has 0 fully saturated rings. The highest BCUT2D eigenvalue weighted by atomic mass is 16.3. The largest absolute Gasteiger partial charge is 0.508 e. The standard InChI is InChI=1S/C21H14O2/c22-16-12-10-15(11-13-16)20-19(14-6-2-1-3-7-14)17-8-4-5-9-18(17)21(20)23/h1-13,22H. The number of carbonyl (C=O) groups excluding carboxylic acids is 1. The van der Waals surface area contributed by atoms with Crippen LogP contribution in [-0.2, 0) is 0 Å². The summed E-state index contributed by atoms with van der Waals surface area (Å²) in [6.45, 7) is 0. The number of fused-ring (bicyclic) bond motifs is 1. The van der Waals surface area contributed by atoms with Crippen LogP contribution in [0.15, 0.2) is 78.9 Å². The van der Waals surface area contributed by atoms with Crippen LogP contribution in [0.2, 0.25) is 0 Å². The van der Waals surface area contributed by atoms with Crippen molar-refractivity contribution in [3.05, 3.63) is 101 Å². The molecule has 0 heterocycles. The lowest BCUT2D eigenvalue weighted by molar-refractivity contribution is 0.105. The van der Waals surface area contributed by atoms with Crippen molar-refractivity contribution in [3.63, 3.8) is 0 Å². The van der Waals surface area contributed by atoms with Gasteiger partial charge in [0, 0.05) is 16.7 Å². The molecule has 1 aliphatic carbocycles. The van der Waals surface area contributed by atoms with E-state index >= 15 is 0 Å². The molecule has 3 aromatic rings. The van der Waals surface area contributed by atoms with E-state index < -0.39 is 0 Å². The summed E-state index contributed by atoms with van der Waals surface area (Å²) < 4.78 is 0. The first-order valence-electron chi connectivity index (χ1n) is 7.49. The van der Waals surface area contributed by atoms with E-state index in [0.29, 0.717) is 5.57 Å². The number of ketones is 1. The van der Waals surface area contributed by atoms with Crippen molar-refractivity contribution in [3.8, 4) is 5.75 Å². The topological polar surface area (TPSA) is 37.3 Å². The van der Waals surface area contributed by atoms with Gasteiger partial charge in [-0.1, -0.05) is 66.7 Å². The molecule has 0 saturated carbocycles. The van der Waals surface area contributed by atoms with E-state index in [0.717, 1.165) is 27.8 Å². The highest BCUT2D eigenvalue weighted by Gasteiger charge is 2.30. The molecular weight excluding hydrogens is 284 g/mol. The van der Waals surface area contributed by atoms with Crippen LogP contribution in [0.3, 0.4) is 0 Å². The lowest BCUT2D eigenvalue weighted by Gasteiger charge is -2.08. The summed E-state index contributed by atoms with van der Waals surface area (Å²) >= 11 is 0. The van der Waals surface area contributed by atoms with Crippen LogP contribution in [0, 0.1) is 0 Å². The maximum atomic E-state index is 12.9. The molecular formula is C21H14O2. The summed E-state index contributed by atoms with van der Waals surface area (Å²) in [4.78, 5) is 12.9. The molecule has 1 N–H and O–H groups in total. The van der Waals surface area contributed by atoms with Gasteiger partial charge in [-0.05, 0) is 28.8 Å². The number of rotatable bonds is 2. The van der Waals surface area contributed by atoms with Crippen LogP contribution >= 0.6 is 0 Å². The first kappa shape index (κ1) is 13.5. The Balaban J connectivity index is 2.02. The Morgan fingerprint density at radius 3 is 1.83 bits per heavy atom. The number of hydrogen-bond donors (Lipinski definition) is 1. The lowest BCUT2D eigenvalue weighted by Crippen LogP contribution is -1.98. The third-order valence-corrected chi connectivity index (χ3v) is 4.14. The minimum absolute atomic E-state index is 0.0325. The Morgan fingerprint density at radius 2 is 1.13 bits per heavy atom. The van der Waals surface area contributed by atoms with Gasteiger partial charge in [-0.25, -0.2) is 0 Å². The number of phenolic OH excluding ortho intramolecular Hbond substituents is 1. The van der Waals surface area contributed by atoms with Gasteiger partial charge in [0.15, 0.2) is 5.78 Å². The van der Waals surface area contributed by atoms with E-state index in [1.165, 1.54) is 0 Å². The van der Waals surface area contributed by atoms with E-state index in [-0.39, 0.29) is 11.5 Å². The predicted molar refractivity (Wildman–Crippen MR) is 91.2 cm³/mol. The Hall–Kier alpha value is -3.13. The minimum atomic E-state index is 0.0325. The van der Waals surface area contributed by atoms with Crippen LogP contribution in [0.4, 0.5) is 0 Å². The van der Waals surface area contributed by atoms with Crippen molar-refractivity contribution in [1.29, 1.82) is 0 Å². The number of carbonyl (C=O) groups is 1. The Morgan fingerprint density at radius 1 is 0.565 bits per heavy atom. The summed E-state index contributed by atoms with van der Waals surface area (Å²) in [6.07, 6.45) is 0. The number of benzene rings is 3. The highest BCUT2D eigenvalue weighted by Crippen LogP contribution is 2.42. The molecule has 110 valence electrons. The van der Waals surface area contributed by atoms with Crippen molar-refractivity contribution in [1.82, 2.24) is 0 Å². The molecule has 4 rings (SSSR count). The van der Waals surface area contributed by atoms with Gasteiger partial charge < -0.3 is 5.11 Å². The van der Waals surface area contributed by atoms with E-state index in [4.69, 9.17) is 0 Å². The van der Waals surface area contributed by atoms with Gasteiger partial charge >= 0.3 is 0 Å². The fourth-order valence-corrected chi connectivity index (χ4v) is 3.09. The number of phenols is 1. The molecule has 0 aliphatic heterocycles. The number of Topliss-reactive ketones (excluding diaryl/α,β-unsaturated/α-hetero) is 1. The highest BCUT2D eigenvalue weighted by molar-refractivity contribution is 6.41. The van der Waals surface area contributed by atoms with Crippen molar-refractivity contribution in [2.75, 3.05) is 0 Å². The lowest BCUT2D eigenvalue weighted by atomic mass is 9.94. The third kappa shape index (κ3) is 2.16. The zero-order valence-electron chi connectivity index (χ0n) is 12.4. The second-order valence-corrected chi connectivity index (χ2v) is 5.54. The molecule has 0 atom stereocenters. The molecule has 0 radical (unpaired) electrons. The van der Waals surface area contributed by atoms with E-state index in [1.54, 1.807) is 24.3 Å². The molecule has 2 nitrogen and oxygen atoms in total. The normalized spacial score (nSPS) is 13.3. The Bertz CT molecular complexity index is 920. The summed E-state index contributed by atoms with van der Waals surface area (Å²) in [5, 5.41) is 9.52. The van der Waals surface area contributed by atoms with Gasteiger partial charge in [-0.2, -0.15) is 0 Å². The van der Waals surface area contributed by atoms with Crippen LogP contribution < -0.4 is 0 Å². The number of allylic oxidation sites excluding steroid dienone is 1. The zero-order chi connectivity index (χ0) is 15.8. The fraction of sp³-hybridized carbons (Fsp3) is 0. The smallest absolute Gasteiger partial charge is 0.194 e. The van der Waals surface area contributed by atoms with Gasteiger partial charge in [0.2, 0.25) is 0 Å². The molecule has 0 aromatic heterocycles. The summed E-state index contributed by atoms with van der Waals surface area (Å²) in [5.41, 5.74) is 5.19. The maximum absolute atomic E-state index is 12.9. The van der Waals surface area contributed by atoms with Crippen molar-refractivity contribution < 1.29 is 9.90 Å². The number of aromatic hydroxyl groups is 1. The monoisotopic (exact) mass is 298 g/mol. The predicted octanol–water partition coefficient (Wildman–Crippen LogP) is 4.55. The van der Waals surface area contributed by atoms with Gasteiger partial charge in [0.05, 0.1) is 0 Å². The fourth-order valence-electron chi connectivity index (χ4n) is 3.09. The average Bonchev–Trinajstić information content (AvgIpc) is 2.90. The van der Waals surface area contributed by atoms with Crippen LogP contribution in [0.5, 0.6) is 5.75 Å². The molecule has 0 spiro atoms. The average molecular weight is 298 g/mol. The van der Waals surface area contributed by atoms with Crippen molar-refractivity contribution >= 4 is 16.9 Å². The molecule has 2 heteroatoms. The molecule has 3 aromatic carbocycles. The zero-order valence-corrected chi connectivity index (χ0v) is 12.4. The summed E-state index contributed by atoms with van der Waals surface area (Å²) in [7, 11) is 0. The quantitative estimate of drug-likeness (QED) is 0.753. The van der Waals surface area contributed by atoms with E-state index in [9.17, 15) is 9.90 Å². The Kier molecular flexibility index (Phi) is 3.09. The second-order valence-electron chi connectivity index (χ2n) is 5.54. The first-order chi connectivity index (χ1) is 11.3. The van der Waals surface area contributed by atoms with Gasteiger partial charge in [-0.15, -0.1) is 0 Å². The first-order valence-corrected chi connectivity index (χ1v) is 7.49. The van der Waals surface area contributed by atoms with E-state index in [1.807, 2.05) is 54.6 Å². The SMILES string of the molecule is O=C1C(c2ccc(O)cc2)=C(c2ccccc2)c2ccccc21. The maximum Gasteiger partial charge on any atom is 0.194 e. The summed E-state index contributed by atoms with van der Waals surface area (Å²) in [5.74, 6) is 0.226. The summed E-state index contributed by atoms with van der Waals surface area (Å²) in [6, 6.07) is 24.5. The molecule has 1 aliphatic rings. The molecule has 0 saturated heterocycles. The van der Waals surface area contributed by atoms with Gasteiger partial charge in [0.25, 0.3) is 0 Å². The molecule has 0 amide bonds. The number of hydrogen-bond acceptors (Lipinski definition) is 2. The molecule has 0 bridgehead atoms. The molecule has 0 unspecified atom stereocenters. The van der Waals surface area contributed by atoms with Crippen LogP contribution in [0.25, 0.3) is 11.1 Å².